The van der Waals surface area contributed by atoms with Gasteiger partial charge in [-0.25, -0.2) is 13.2 Å². The molecule has 0 aromatic heterocycles. The lowest BCUT2D eigenvalue weighted by atomic mass is 10.0. The second kappa shape index (κ2) is 6.87. The van der Waals surface area contributed by atoms with Crippen molar-refractivity contribution in [2.24, 2.45) is 0 Å². The Kier molecular flexibility index (Phi) is 5.00. The highest BCUT2D eigenvalue weighted by Gasteiger charge is 2.48. The second-order valence-corrected chi connectivity index (χ2v) is 9.07. The first kappa shape index (κ1) is 17.5. The van der Waals surface area contributed by atoms with E-state index >= 15 is 0 Å². The number of hydrogen-bond donors (Lipinski definition) is 1. The SMILES string of the molecule is O=C(O)CCN1CCN(C(=O)N2CCCCC2)C2CS(=O)(=O)CC21. The van der Waals surface area contributed by atoms with Crippen LogP contribution in [0.25, 0.3) is 0 Å². The van der Waals surface area contributed by atoms with E-state index in [1.807, 2.05) is 9.80 Å². The summed E-state index contributed by atoms with van der Waals surface area (Å²) in [4.78, 5) is 29.1. The topological polar surface area (TPSA) is 98.2 Å². The fourth-order valence-electron chi connectivity index (χ4n) is 4.05. The molecule has 0 saturated carbocycles. The summed E-state index contributed by atoms with van der Waals surface area (Å²) >= 11 is 0. The normalized spacial score (nSPS) is 30.2. The molecule has 0 spiro atoms. The predicted octanol–water partition coefficient (Wildman–Crippen LogP) is -0.150. The largest absolute Gasteiger partial charge is 0.481 e. The molecule has 2 unspecified atom stereocenters. The third-order valence-corrected chi connectivity index (χ3v) is 6.97. The molecule has 0 aliphatic carbocycles. The number of piperazine rings is 1. The molecular formula is C15H25N3O5S. The number of carbonyl (C=O) groups is 2. The van der Waals surface area contributed by atoms with Crippen molar-refractivity contribution in [2.45, 2.75) is 37.8 Å². The van der Waals surface area contributed by atoms with Gasteiger partial charge in [0.1, 0.15) is 0 Å². The number of rotatable bonds is 3. The zero-order valence-corrected chi connectivity index (χ0v) is 14.6. The van der Waals surface area contributed by atoms with Crippen LogP contribution in [0.15, 0.2) is 0 Å². The van der Waals surface area contributed by atoms with Crippen LogP contribution in [0, 0.1) is 0 Å². The van der Waals surface area contributed by atoms with Gasteiger partial charge in [0.2, 0.25) is 0 Å². The fourth-order valence-corrected chi connectivity index (χ4v) is 6.06. The standard InChI is InChI=1S/C15H25N3O5S/c19-14(20)4-7-16-8-9-18(13-11-24(22,23)10-12(13)16)15(21)17-5-2-1-3-6-17/h12-13H,1-11H2,(H,19,20). The van der Waals surface area contributed by atoms with Crippen LogP contribution in [0.1, 0.15) is 25.7 Å². The van der Waals surface area contributed by atoms with Gasteiger partial charge < -0.3 is 14.9 Å². The summed E-state index contributed by atoms with van der Waals surface area (Å²) in [5, 5.41) is 8.88. The lowest BCUT2D eigenvalue weighted by Gasteiger charge is -2.45. The number of hydrogen-bond acceptors (Lipinski definition) is 5. The number of aliphatic carboxylic acids is 1. The van der Waals surface area contributed by atoms with Crippen molar-refractivity contribution in [1.82, 2.24) is 14.7 Å². The van der Waals surface area contributed by atoms with Crippen molar-refractivity contribution in [3.8, 4) is 0 Å². The maximum Gasteiger partial charge on any atom is 0.320 e. The van der Waals surface area contributed by atoms with Crippen molar-refractivity contribution >= 4 is 21.8 Å². The molecule has 136 valence electrons. The number of urea groups is 1. The van der Waals surface area contributed by atoms with Gasteiger partial charge in [-0.2, -0.15) is 0 Å². The average Bonchev–Trinajstić information content (AvgIpc) is 2.87. The zero-order valence-electron chi connectivity index (χ0n) is 13.8. The van der Waals surface area contributed by atoms with E-state index in [0.717, 1.165) is 32.4 Å². The molecule has 0 bridgehead atoms. The van der Waals surface area contributed by atoms with Crippen LogP contribution in [0.3, 0.4) is 0 Å². The van der Waals surface area contributed by atoms with Gasteiger partial charge in [-0.05, 0) is 19.3 Å². The van der Waals surface area contributed by atoms with Crippen molar-refractivity contribution in [1.29, 1.82) is 0 Å². The number of fused-ring (bicyclic) bond motifs is 1. The predicted molar refractivity (Wildman–Crippen MR) is 87.6 cm³/mol. The summed E-state index contributed by atoms with van der Waals surface area (Å²) in [7, 11) is -3.20. The number of amides is 2. The summed E-state index contributed by atoms with van der Waals surface area (Å²) in [6.07, 6.45) is 3.12. The van der Waals surface area contributed by atoms with Crippen LogP contribution in [0.2, 0.25) is 0 Å². The Balaban J connectivity index is 1.73. The third-order valence-electron chi connectivity index (χ3n) is 5.28. The van der Waals surface area contributed by atoms with Gasteiger partial charge in [-0.3, -0.25) is 9.69 Å². The van der Waals surface area contributed by atoms with E-state index in [4.69, 9.17) is 5.11 Å². The Morgan fingerprint density at radius 2 is 1.62 bits per heavy atom. The summed E-state index contributed by atoms with van der Waals surface area (Å²) in [5.74, 6) is -0.888. The van der Waals surface area contributed by atoms with Gasteiger partial charge >= 0.3 is 12.0 Å². The van der Waals surface area contributed by atoms with E-state index < -0.39 is 15.8 Å². The number of likely N-dealkylation sites (tertiary alicyclic amines) is 1. The molecular weight excluding hydrogens is 334 g/mol. The minimum atomic E-state index is -3.20. The summed E-state index contributed by atoms with van der Waals surface area (Å²) in [5.41, 5.74) is 0. The minimum absolute atomic E-state index is 0.0106. The molecule has 24 heavy (non-hydrogen) atoms. The lowest BCUT2D eigenvalue weighted by molar-refractivity contribution is -0.137. The summed E-state index contributed by atoms with van der Waals surface area (Å²) in [6.45, 7) is 2.80. The Labute approximate surface area is 142 Å². The molecule has 0 aromatic rings. The summed E-state index contributed by atoms with van der Waals surface area (Å²) in [6, 6.07) is -0.691. The van der Waals surface area contributed by atoms with Crippen molar-refractivity contribution in [3.63, 3.8) is 0 Å². The fraction of sp³-hybridized carbons (Fsp3) is 0.867. The quantitative estimate of drug-likeness (QED) is 0.753. The lowest BCUT2D eigenvalue weighted by Crippen LogP contribution is -2.63. The number of sulfone groups is 1. The van der Waals surface area contributed by atoms with Crippen LogP contribution in [-0.4, -0.2) is 96.5 Å². The molecule has 3 aliphatic rings. The molecule has 1 N–H and O–H groups in total. The second-order valence-electron chi connectivity index (χ2n) is 6.91. The maximum atomic E-state index is 12.8. The zero-order chi connectivity index (χ0) is 17.3. The van der Waals surface area contributed by atoms with E-state index in [0.29, 0.717) is 19.6 Å². The number of nitrogens with zero attached hydrogens (tertiary/aromatic N) is 3. The number of carboxylic acid groups (broad SMARTS) is 1. The van der Waals surface area contributed by atoms with E-state index in [2.05, 4.69) is 0 Å². The first-order valence-electron chi connectivity index (χ1n) is 8.59. The molecule has 8 nitrogen and oxygen atoms in total. The Morgan fingerprint density at radius 1 is 0.958 bits per heavy atom. The monoisotopic (exact) mass is 359 g/mol. The minimum Gasteiger partial charge on any atom is -0.481 e. The Hall–Kier alpha value is -1.35. The van der Waals surface area contributed by atoms with Crippen LogP contribution in [0.4, 0.5) is 4.79 Å². The van der Waals surface area contributed by atoms with Gasteiger partial charge in [0.05, 0.1) is 24.0 Å². The highest BCUT2D eigenvalue weighted by atomic mass is 32.2. The van der Waals surface area contributed by atoms with Gasteiger partial charge in [-0.1, -0.05) is 0 Å². The molecule has 2 atom stereocenters. The van der Waals surface area contributed by atoms with Crippen molar-refractivity contribution < 1.29 is 23.1 Å². The number of carboxylic acids is 1. The third kappa shape index (κ3) is 3.66. The van der Waals surface area contributed by atoms with Crippen molar-refractivity contribution in [2.75, 3.05) is 44.2 Å². The first-order valence-corrected chi connectivity index (χ1v) is 10.4. The highest BCUT2D eigenvalue weighted by Crippen LogP contribution is 2.28. The van der Waals surface area contributed by atoms with Crippen LogP contribution in [-0.2, 0) is 14.6 Å². The molecule has 3 saturated heterocycles. The maximum absolute atomic E-state index is 12.8. The molecule has 3 heterocycles. The van der Waals surface area contributed by atoms with Crippen molar-refractivity contribution in [3.05, 3.63) is 0 Å². The molecule has 0 radical (unpaired) electrons. The van der Waals surface area contributed by atoms with Crippen LogP contribution >= 0.6 is 0 Å². The van der Waals surface area contributed by atoms with E-state index in [1.165, 1.54) is 0 Å². The highest BCUT2D eigenvalue weighted by molar-refractivity contribution is 7.91. The summed E-state index contributed by atoms with van der Waals surface area (Å²) < 4.78 is 24.3. The molecule has 3 aliphatic heterocycles. The smallest absolute Gasteiger partial charge is 0.320 e. The molecule has 3 fully saturated rings. The molecule has 2 amide bonds. The Morgan fingerprint density at radius 3 is 2.29 bits per heavy atom. The van der Waals surface area contributed by atoms with Gasteiger partial charge in [0.15, 0.2) is 9.84 Å². The molecule has 0 aromatic carbocycles. The number of piperidine rings is 1. The van der Waals surface area contributed by atoms with Crippen LogP contribution in [0.5, 0.6) is 0 Å². The van der Waals surface area contributed by atoms with Gasteiger partial charge in [-0.15, -0.1) is 0 Å². The van der Waals surface area contributed by atoms with E-state index in [9.17, 15) is 18.0 Å². The average molecular weight is 359 g/mol. The van der Waals surface area contributed by atoms with E-state index in [1.54, 1.807) is 4.90 Å². The molecule has 9 heteroatoms. The first-order chi connectivity index (χ1) is 11.4. The number of carbonyl (C=O) groups excluding carboxylic acids is 1. The van der Waals surface area contributed by atoms with Gasteiger partial charge in [0.25, 0.3) is 0 Å². The van der Waals surface area contributed by atoms with Gasteiger partial charge in [0, 0.05) is 38.8 Å². The Bertz CT molecular complexity index is 602. The molecule has 3 rings (SSSR count). The van der Waals surface area contributed by atoms with E-state index in [-0.39, 0.29) is 36.0 Å². The van der Waals surface area contributed by atoms with Crippen LogP contribution < -0.4 is 0 Å².